The van der Waals surface area contributed by atoms with Gasteiger partial charge in [-0.25, -0.2) is 9.97 Å². The summed E-state index contributed by atoms with van der Waals surface area (Å²) in [6, 6.07) is 6.07. The van der Waals surface area contributed by atoms with E-state index >= 15 is 0 Å². The summed E-state index contributed by atoms with van der Waals surface area (Å²) in [5.41, 5.74) is 1.32. The fraction of sp³-hybridized carbons (Fsp3) is 0.526. The number of aromatic nitrogens is 3. The maximum atomic E-state index is 4.28. The van der Waals surface area contributed by atoms with Gasteiger partial charge in [-0.1, -0.05) is 12.5 Å². The summed E-state index contributed by atoms with van der Waals surface area (Å²) in [5, 5.41) is 3.44. The van der Waals surface area contributed by atoms with Crippen molar-refractivity contribution < 1.29 is 0 Å². The van der Waals surface area contributed by atoms with Crippen LogP contribution in [0.15, 0.2) is 43.0 Å². The van der Waals surface area contributed by atoms with Crippen LogP contribution >= 0.6 is 0 Å². The van der Waals surface area contributed by atoms with Crippen LogP contribution in [0.3, 0.4) is 0 Å². The van der Waals surface area contributed by atoms with Crippen LogP contribution in [0.4, 0.5) is 5.95 Å². The Morgan fingerprint density at radius 1 is 1.08 bits per heavy atom. The lowest BCUT2D eigenvalue weighted by molar-refractivity contribution is 0.207. The molecule has 0 radical (unpaired) electrons. The first-order valence-electron chi connectivity index (χ1n) is 9.00. The van der Waals surface area contributed by atoms with E-state index in [1.54, 1.807) is 12.4 Å². The van der Waals surface area contributed by atoms with Crippen molar-refractivity contribution in [1.29, 1.82) is 0 Å². The molecule has 2 aromatic rings. The van der Waals surface area contributed by atoms with Gasteiger partial charge < -0.3 is 5.32 Å². The van der Waals surface area contributed by atoms with Crippen molar-refractivity contribution in [3.05, 3.63) is 48.5 Å². The number of rotatable bonds is 5. The molecule has 1 N–H and O–H groups in total. The summed E-state index contributed by atoms with van der Waals surface area (Å²) >= 11 is 0. The molecule has 2 aromatic heterocycles. The molecule has 3 heterocycles. The largest absolute Gasteiger partial charge is 0.354 e. The molecule has 0 aromatic carbocycles. The zero-order valence-corrected chi connectivity index (χ0v) is 14.0. The summed E-state index contributed by atoms with van der Waals surface area (Å²) in [6.45, 7) is 4.47. The summed E-state index contributed by atoms with van der Waals surface area (Å²) < 4.78 is 0. The second-order valence-electron chi connectivity index (χ2n) is 7.12. The molecule has 1 aliphatic carbocycles. The van der Waals surface area contributed by atoms with Gasteiger partial charge in [0.05, 0.1) is 0 Å². The Hall–Kier alpha value is -2.01. The van der Waals surface area contributed by atoms with Gasteiger partial charge >= 0.3 is 0 Å². The Morgan fingerprint density at radius 2 is 2.00 bits per heavy atom. The van der Waals surface area contributed by atoms with Crippen molar-refractivity contribution in [3.8, 4) is 0 Å². The van der Waals surface area contributed by atoms with Gasteiger partial charge in [-0.05, 0) is 48.3 Å². The topological polar surface area (TPSA) is 53.9 Å². The molecule has 0 amide bonds. The van der Waals surface area contributed by atoms with E-state index in [4.69, 9.17) is 0 Å². The molecule has 5 nitrogen and oxygen atoms in total. The molecule has 1 saturated heterocycles. The third kappa shape index (κ3) is 3.56. The number of likely N-dealkylation sites (tertiary alicyclic amines) is 1. The third-order valence-corrected chi connectivity index (χ3v) is 5.54. The van der Waals surface area contributed by atoms with Gasteiger partial charge in [0.2, 0.25) is 5.95 Å². The van der Waals surface area contributed by atoms with Gasteiger partial charge in [0.15, 0.2) is 0 Å². The Kier molecular flexibility index (Phi) is 4.69. The van der Waals surface area contributed by atoms with E-state index < -0.39 is 0 Å². The van der Waals surface area contributed by atoms with Crippen molar-refractivity contribution in [1.82, 2.24) is 19.9 Å². The fourth-order valence-electron chi connectivity index (χ4n) is 4.43. The molecule has 0 spiro atoms. The van der Waals surface area contributed by atoms with Crippen LogP contribution in [-0.4, -0.2) is 39.5 Å². The average Bonchev–Trinajstić information content (AvgIpc) is 3.04. The molecule has 126 valence electrons. The number of anilines is 1. The molecule has 3 atom stereocenters. The fourth-order valence-corrected chi connectivity index (χ4v) is 4.43. The van der Waals surface area contributed by atoms with Gasteiger partial charge in [-0.3, -0.25) is 9.88 Å². The zero-order chi connectivity index (χ0) is 16.2. The minimum Gasteiger partial charge on any atom is -0.354 e. The molecular weight excluding hydrogens is 298 g/mol. The molecule has 4 rings (SSSR count). The van der Waals surface area contributed by atoms with Crippen LogP contribution < -0.4 is 5.32 Å². The predicted molar refractivity (Wildman–Crippen MR) is 94.4 cm³/mol. The second-order valence-corrected chi connectivity index (χ2v) is 7.12. The first-order chi connectivity index (χ1) is 11.9. The Balaban J connectivity index is 1.36. The SMILES string of the molecule is c1cnc(NC[C@@H]2CCC[C@@H]3CN(Cc4cccnc4)C[C@@H]32)nc1. The van der Waals surface area contributed by atoms with Crippen LogP contribution in [0.1, 0.15) is 24.8 Å². The Bertz CT molecular complexity index is 633. The molecule has 1 saturated carbocycles. The molecular formula is C19H25N5. The van der Waals surface area contributed by atoms with Crippen LogP contribution in [0.25, 0.3) is 0 Å². The van der Waals surface area contributed by atoms with Crippen molar-refractivity contribution in [3.63, 3.8) is 0 Å². The van der Waals surface area contributed by atoms with Gasteiger partial charge in [0.1, 0.15) is 0 Å². The molecule has 1 aliphatic heterocycles. The van der Waals surface area contributed by atoms with E-state index in [0.717, 1.165) is 36.8 Å². The highest BCUT2D eigenvalue weighted by molar-refractivity contribution is 5.22. The summed E-state index contributed by atoms with van der Waals surface area (Å²) in [5.74, 6) is 3.13. The molecule has 0 bridgehead atoms. The zero-order valence-electron chi connectivity index (χ0n) is 14.0. The normalized spacial score (nSPS) is 26.9. The van der Waals surface area contributed by atoms with E-state index in [1.807, 2.05) is 24.5 Å². The monoisotopic (exact) mass is 323 g/mol. The quantitative estimate of drug-likeness (QED) is 0.917. The second kappa shape index (κ2) is 7.26. The van der Waals surface area contributed by atoms with Crippen molar-refractivity contribution in [2.75, 3.05) is 25.0 Å². The van der Waals surface area contributed by atoms with E-state index in [-0.39, 0.29) is 0 Å². The van der Waals surface area contributed by atoms with E-state index in [0.29, 0.717) is 0 Å². The van der Waals surface area contributed by atoms with Crippen LogP contribution in [0.2, 0.25) is 0 Å². The maximum absolute atomic E-state index is 4.28. The number of fused-ring (bicyclic) bond motifs is 1. The lowest BCUT2D eigenvalue weighted by Gasteiger charge is -2.33. The maximum Gasteiger partial charge on any atom is 0.222 e. The lowest BCUT2D eigenvalue weighted by Crippen LogP contribution is -2.32. The van der Waals surface area contributed by atoms with Gasteiger partial charge in [-0.2, -0.15) is 0 Å². The standard InChI is InChI=1S/C19H25N5/c1-5-16(11-23-19-21-8-3-9-22-19)18-14-24(13-17(18)6-1)12-15-4-2-7-20-10-15/h2-4,7-10,16-18H,1,5-6,11-14H2,(H,21,22,23)/t16-,17+,18+/m0/s1. The van der Waals surface area contributed by atoms with E-state index in [1.165, 1.54) is 37.9 Å². The summed E-state index contributed by atoms with van der Waals surface area (Å²) in [4.78, 5) is 15.4. The summed E-state index contributed by atoms with van der Waals surface area (Å²) in [6.07, 6.45) is 11.5. The highest BCUT2D eigenvalue weighted by Gasteiger charge is 2.39. The number of hydrogen-bond donors (Lipinski definition) is 1. The number of nitrogens with zero attached hydrogens (tertiary/aromatic N) is 4. The highest BCUT2D eigenvalue weighted by atomic mass is 15.2. The van der Waals surface area contributed by atoms with Crippen molar-refractivity contribution >= 4 is 5.95 Å². The first kappa shape index (κ1) is 15.5. The average molecular weight is 323 g/mol. The minimum atomic E-state index is 0.728. The smallest absolute Gasteiger partial charge is 0.222 e. The van der Waals surface area contributed by atoms with E-state index in [9.17, 15) is 0 Å². The highest BCUT2D eigenvalue weighted by Crippen LogP contribution is 2.40. The third-order valence-electron chi connectivity index (χ3n) is 5.54. The summed E-state index contributed by atoms with van der Waals surface area (Å²) in [7, 11) is 0. The Labute approximate surface area is 143 Å². The molecule has 0 unspecified atom stereocenters. The molecule has 24 heavy (non-hydrogen) atoms. The predicted octanol–water partition coefficient (Wildman–Crippen LogP) is 2.83. The molecule has 2 aliphatic rings. The first-order valence-corrected chi connectivity index (χ1v) is 9.00. The minimum absolute atomic E-state index is 0.728. The van der Waals surface area contributed by atoms with Gasteiger partial charge in [0, 0.05) is 51.0 Å². The number of nitrogens with one attached hydrogen (secondary N) is 1. The lowest BCUT2D eigenvalue weighted by atomic mass is 9.74. The Morgan fingerprint density at radius 3 is 2.83 bits per heavy atom. The number of hydrogen-bond acceptors (Lipinski definition) is 5. The molecule has 5 heteroatoms. The van der Waals surface area contributed by atoms with Crippen molar-refractivity contribution in [2.24, 2.45) is 17.8 Å². The van der Waals surface area contributed by atoms with Gasteiger partial charge in [-0.15, -0.1) is 0 Å². The van der Waals surface area contributed by atoms with Gasteiger partial charge in [0.25, 0.3) is 0 Å². The molecule has 2 fully saturated rings. The van der Waals surface area contributed by atoms with E-state index in [2.05, 4.69) is 31.2 Å². The van der Waals surface area contributed by atoms with Crippen LogP contribution in [-0.2, 0) is 6.54 Å². The van der Waals surface area contributed by atoms with Crippen LogP contribution in [0, 0.1) is 17.8 Å². The van der Waals surface area contributed by atoms with Crippen molar-refractivity contribution in [2.45, 2.75) is 25.8 Å². The van der Waals surface area contributed by atoms with Crippen LogP contribution in [0.5, 0.6) is 0 Å². The number of pyridine rings is 1.